The van der Waals surface area contributed by atoms with Gasteiger partial charge in [0.2, 0.25) is 6.23 Å². The van der Waals surface area contributed by atoms with Crippen LogP contribution in [0.25, 0.3) is 0 Å². The van der Waals surface area contributed by atoms with Gasteiger partial charge < -0.3 is 15.7 Å². The third-order valence-electron chi connectivity index (χ3n) is 7.21. The van der Waals surface area contributed by atoms with Crippen LogP contribution in [0.1, 0.15) is 16.7 Å². The molecule has 3 aromatic carbocycles. The van der Waals surface area contributed by atoms with Crippen molar-refractivity contribution < 1.29 is 54.2 Å². The SMILES string of the molecule is O=C(NCCN(CCN(CCNC(=O)C(F)(F)F)C(c1ccccc1)(c1ccccc1)c1ccccc1)C(O)C(F)(F)F)C(F)(F)F. The molecule has 0 aromatic heterocycles. The van der Waals surface area contributed by atoms with Gasteiger partial charge in [0, 0.05) is 39.3 Å². The van der Waals surface area contributed by atoms with Crippen LogP contribution in [0, 0.1) is 0 Å². The first-order chi connectivity index (χ1) is 22.0. The molecule has 256 valence electrons. The fraction of sp³-hybridized carbons (Fsp3) is 0.355. The molecule has 0 heterocycles. The lowest BCUT2D eigenvalue weighted by Gasteiger charge is -2.46. The van der Waals surface area contributed by atoms with E-state index in [1.807, 2.05) is 0 Å². The van der Waals surface area contributed by atoms with E-state index in [2.05, 4.69) is 0 Å². The standard InChI is InChI=1S/C31H31F9N4O3/c32-29(33,34)25(45)41-16-18-43(27(47)31(38,39)40)20-21-44(19-17-42-26(46)30(35,36)37)28(22-10-4-1-5-11-22,23-12-6-2-7-13-23)24-14-8-3-9-15-24/h1-15,27,47H,16-21H2,(H,41,45)(H,42,46). The van der Waals surface area contributed by atoms with Crippen molar-refractivity contribution in [2.24, 2.45) is 0 Å². The van der Waals surface area contributed by atoms with E-state index >= 15 is 0 Å². The second kappa shape index (κ2) is 15.6. The maximum Gasteiger partial charge on any atom is 0.471 e. The molecule has 0 bridgehead atoms. The monoisotopic (exact) mass is 678 g/mol. The number of aliphatic hydroxyl groups is 1. The molecule has 0 fully saturated rings. The van der Waals surface area contributed by atoms with Crippen molar-refractivity contribution in [2.75, 3.05) is 39.3 Å². The topological polar surface area (TPSA) is 84.9 Å². The first-order valence-electron chi connectivity index (χ1n) is 14.1. The van der Waals surface area contributed by atoms with Crippen molar-refractivity contribution in [3.8, 4) is 0 Å². The Morgan fingerprint density at radius 3 is 1.28 bits per heavy atom. The smallest absolute Gasteiger partial charge is 0.370 e. The van der Waals surface area contributed by atoms with E-state index in [4.69, 9.17) is 0 Å². The summed E-state index contributed by atoms with van der Waals surface area (Å²) in [6, 6.07) is 25.4. The van der Waals surface area contributed by atoms with E-state index in [9.17, 15) is 54.2 Å². The highest BCUT2D eigenvalue weighted by atomic mass is 19.4. The zero-order chi connectivity index (χ0) is 34.9. The third kappa shape index (κ3) is 9.68. The molecule has 0 saturated carbocycles. The van der Waals surface area contributed by atoms with Gasteiger partial charge in [0.25, 0.3) is 0 Å². The minimum Gasteiger partial charge on any atom is -0.370 e. The summed E-state index contributed by atoms with van der Waals surface area (Å²) in [5, 5.41) is 13.4. The normalized spacial score (nSPS) is 13.4. The number of aliphatic hydroxyl groups excluding tert-OH is 1. The Bertz CT molecular complexity index is 1320. The van der Waals surface area contributed by atoms with Gasteiger partial charge in [-0.05, 0) is 16.7 Å². The summed E-state index contributed by atoms with van der Waals surface area (Å²) in [7, 11) is 0. The van der Waals surface area contributed by atoms with Gasteiger partial charge in [0.1, 0.15) is 0 Å². The van der Waals surface area contributed by atoms with Crippen molar-refractivity contribution in [3.05, 3.63) is 108 Å². The van der Waals surface area contributed by atoms with Gasteiger partial charge in [-0.3, -0.25) is 19.4 Å². The van der Waals surface area contributed by atoms with E-state index in [1.54, 1.807) is 96.3 Å². The Labute approximate surface area is 264 Å². The number of nitrogens with zero attached hydrogens (tertiary/aromatic N) is 2. The summed E-state index contributed by atoms with van der Waals surface area (Å²) in [5.41, 5.74) is 0.214. The molecular formula is C31H31F9N4O3. The Balaban J connectivity index is 2.12. The number of carbonyl (C=O) groups is 2. The van der Waals surface area contributed by atoms with Gasteiger partial charge in [-0.1, -0.05) is 91.0 Å². The van der Waals surface area contributed by atoms with E-state index < -0.39 is 74.8 Å². The van der Waals surface area contributed by atoms with Crippen LogP contribution in [0.2, 0.25) is 0 Å². The molecule has 1 atom stereocenters. The van der Waals surface area contributed by atoms with Crippen LogP contribution in [0.4, 0.5) is 39.5 Å². The predicted molar refractivity (Wildman–Crippen MR) is 153 cm³/mol. The zero-order valence-corrected chi connectivity index (χ0v) is 24.5. The molecule has 0 radical (unpaired) electrons. The fourth-order valence-electron chi connectivity index (χ4n) is 5.16. The average Bonchev–Trinajstić information content (AvgIpc) is 3.02. The predicted octanol–water partition coefficient (Wildman–Crippen LogP) is 4.82. The van der Waals surface area contributed by atoms with Crippen LogP contribution in [-0.4, -0.2) is 90.7 Å². The number of rotatable bonds is 14. The first kappa shape index (κ1) is 37.3. The molecule has 3 rings (SSSR count). The molecule has 3 N–H and O–H groups in total. The quantitative estimate of drug-likeness (QED) is 0.130. The third-order valence-corrected chi connectivity index (χ3v) is 7.21. The number of carbonyl (C=O) groups excluding carboxylic acids is 2. The Kier molecular flexibility index (Phi) is 12.4. The summed E-state index contributed by atoms with van der Waals surface area (Å²) >= 11 is 0. The Hall–Kier alpha value is -4.15. The number of nitrogens with one attached hydrogen (secondary N) is 2. The fourth-order valence-corrected chi connectivity index (χ4v) is 5.16. The number of alkyl halides is 9. The van der Waals surface area contributed by atoms with Gasteiger partial charge in [-0.15, -0.1) is 0 Å². The summed E-state index contributed by atoms with van der Waals surface area (Å²) in [6.45, 7) is -3.91. The van der Waals surface area contributed by atoms with Crippen molar-refractivity contribution >= 4 is 11.8 Å². The Morgan fingerprint density at radius 1 is 0.574 bits per heavy atom. The molecule has 47 heavy (non-hydrogen) atoms. The van der Waals surface area contributed by atoms with Crippen molar-refractivity contribution in [3.63, 3.8) is 0 Å². The lowest BCUT2D eigenvalue weighted by atomic mass is 9.75. The lowest BCUT2D eigenvalue weighted by molar-refractivity contribution is -0.250. The highest BCUT2D eigenvalue weighted by Gasteiger charge is 2.46. The molecule has 0 aliphatic rings. The summed E-state index contributed by atoms with van der Waals surface area (Å²) in [5.74, 6) is -4.63. The van der Waals surface area contributed by atoms with Gasteiger partial charge in [-0.25, -0.2) is 0 Å². The number of hydrogen-bond donors (Lipinski definition) is 3. The summed E-state index contributed by atoms with van der Waals surface area (Å²) in [6.07, 6.45) is -18.9. The minimum atomic E-state index is -5.30. The highest BCUT2D eigenvalue weighted by Crippen LogP contribution is 2.42. The second-order valence-corrected chi connectivity index (χ2v) is 10.3. The van der Waals surface area contributed by atoms with Crippen LogP contribution in [0.3, 0.4) is 0 Å². The summed E-state index contributed by atoms with van der Waals surface area (Å²) < 4.78 is 118. The van der Waals surface area contributed by atoms with E-state index in [0.29, 0.717) is 21.6 Å². The number of halogens is 9. The van der Waals surface area contributed by atoms with Gasteiger partial charge in [0.15, 0.2) is 0 Å². The molecule has 3 aromatic rings. The lowest BCUT2D eigenvalue weighted by Crippen LogP contribution is -2.56. The number of hydrogen-bond acceptors (Lipinski definition) is 5. The van der Waals surface area contributed by atoms with E-state index in [0.717, 1.165) is 0 Å². The van der Waals surface area contributed by atoms with Crippen LogP contribution >= 0.6 is 0 Å². The van der Waals surface area contributed by atoms with Crippen molar-refractivity contribution in [1.82, 2.24) is 20.4 Å². The van der Waals surface area contributed by atoms with Crippen LogP contribution in [-0.2, 0) is 15.1 Å². The maximum atomic E-state index is 13.7. The molecular weight excluding hydrogens is 647 g/mol. The maximum absolute atomic E-state index is 13.7. The van der Waals surface area contributed by atoms with E-state index in [-0.39, 0.29) is 6.54 Å². The molecule has 2 amide bonds. The van der Waals surface area contributed by atoms with Gasteiger partial charge in [-0.2, -0.15) is 39.5 Å². The van der Waals surface area contributed by atoms with E-state index in [1.165, 1.54) is 10.2 Å². The molecule has 0 aliphatic carbocycles. The Morgan fingerprint density at radius 2 is 0.936 bits per heavy atom. The van der Waals surface area contributed by atoms with Crippen molar-refractivity contribution in [2.45, 2.75) is 30.3 Å². The molecule has 0 saturated heterocycles. The molecule has 1 unspecified atom stereocenters. The molecule has 0 aliphatic heterocycles. The zero-order valence-electron chi connectivity index (χ0n) is 24.5. The second-order valence-electron chi connectivity index (χ2n) is 10.3. The van der Waals surface area contributed by atoms with Crippen LogP contribution < -0.4 is 10.6 Å². The molecule has 0 spiro atoms. The number of amides is 2. The van der Waals surface area contributed by atoms with Crippen molar-refractivity contribution in [1.29, 1.82) is 0 Å². The minimum absolute atomic E-state index is 0.374. The molecule has 16 heteroatoms. The van der Waals surface area contributed by atoms with Gasteiger partial charge >= 0.3 is 30.3 Å². The summed E-state index contributed by atoms with van der Waals surface area (Å²) in [4.78, 5) is 24.9. The van der Waals surface area contributed by atoms with Crippen LogP contribution in [0.15, 0.2) is 91.0 Å². The number of benzene rings is 3. The first-order valence-corrected chi connectivity index (χ1v) is 14.1. The van der Waals surface area contributed by atoms with Crippen LogP contribution in [0.5, 0.6) is 0 Å². The average molecular weight is 679 g/mol. The highest BCUT2D eigenvalue weighted by molar-refractivity contribution is 5.82. The molecule has 7 nitrogen and oxygen atoms in total. The largest absolute Gasteiger partial charge is 0.471 e. The van der Waals surface area contributed by atoms with Gasteiger partial charge in [0.05, 0.1) is 5.54 Å².